The molecule has 12 heavy (non-hydrogen) atoms. The Kier molecular flexibility index (Phi) is 3.85. The highest BCUT2D eigenvalue weighted by molar-refractivity contribution is 5.76. The number of nitrogens with zero attached hydrogens (tertiary/aromatic N) is 1. The number of nitro benzene ring substituents is 1. The van der Waals surface area contributed by atoms with Crippen LogP contribution in [0, 0.1) is 10.1 Å². The van der Waals surface area contributed by atoms with E-state index < -0.39 is 4.92 Å². The van der Waals surface area contributed by atoms with Crippen molar-refractivity contribution in [1.82, 2.24) is 0 Å². The van der Waals surface area contributed by atoms with Gasteiger partial charge in [0.25, 0.3) is 5.69 Å². The summed E-state index contributed by atoms with van der Waals surface area (Å²) < 4.78 is 0. The molecule has 0 aliphatic carbocycles. The van der Waals surface area contributed by atoms with Gasteiger partial charge < -0.3 is 0 Å². The van der Waals surface area contributed by atoms with Gasteiger partial charge in [0, 0.05) is 28.7 Å². The van der Waals surface area contributed by atoms with Gasteiger partial charge in [-0.1, -0.05) is 12.1 Å². The first-order chi connectivity index (χ1) is 5.24. The summed E-state index contributed by atoms with van der Waals surface area (Å²) in [6, 6.07) is 5.56. The molecule has 0 heterocycles. The molecular weight excluding hydrogens is 174 g/mol. The summed E-state index contributed by atoms with van der Waals surface area (Å²) in [6.07, 6.45) is 0.576. The Balaban J connectivity index is 0.00000121. The number of rotatable bonds is 2. The van der Waals surface area contributed by atoms with E-state index in [-0.39, 0.29) is 16.7 Å². The molecule has 0 aliphatic heterocycles. The van der Waals surface area contributed by atoms with Gasteiger partial charge in [0.2, 0.25) is 0 Å². The van der Waals surface area contributed by atoms with Crippen molar-refractivity contribution in [3.63, 3.8) is 0 Å². The molecule has 0 spiro atoms. The minimum absolute atomic E-state index is 0. The van der Waals surface area contributed by atoms with Crippen molar-refractivity contribution in [3.8, 4) is 0 Å². The summed E-state index contributed by atoms with van der Waals surface area (Å²) in [5, 5.41) is 10.2. The van der Waals surface area contributed by atoms with Crippen LogP contribution in [0.1, 0.15) is 10.4 Å². The van der Waals surface area contributed by atoms with E-state index in [2.05, 4.69) is 0 Å². The van der Waals surface area contributed by atoms with Gasteiger partial charge in [-0.25, -0.2) is 0 Å². The van der Waals surface area contributed by atoms with Gasteiger partial charge in [0.1, 0.15) is 6.29 Å². The Morgan fingerprint density at radius 3 is 2.58 bits per heavy atom. The molecule has 0 saturated carbocycles. The lowest BCUT2D eigenvalue weighted by Crippen LogP contribution is -1.88. The van der Waals surface area contributed by atoms with Gasteiger partial charge in [-0.15, -0.1) is 0 Å². The maximum atomic E-state index is 10.2. The van der Waals surface area contributed by atoms with Gasteiger partial charge in [0.05, 0.1) is 4.92 Å². The Morgan fingerprint density at radius 1 is 1.42 bits per heavy atom. The molecule has 0 saturated heterocycles. The lowest BCUT2D eigenvalue weighted by Gasteiger charge is -1.90. The lowest BCUT2D eigenvalue weighted by molar-refractivity contribution is -0.384. The van der Waals surface area contributed by atoms with Gasteiger partial charge in [-0.3, -0.25) is 14.9 Å². The number of benzene rings is 1. The molecule has 4 radical (unpaired) electrons. The Labute approximate surface area is 73.4 Å². The number of hydrogen-bond acceptors (Lipinski definition) is 3. The van der Waals surface area contributed by atoms with E-state index in [1.807, 2.05) is 0 Å². The smallest absolute Gasteiger partial charge is 0.270 e. The first-order valence-electron chi connectivity index (χ1n) is 2.93. The molecule has 0 N–H and O–H groups in total. The fraction of sp³-hybridized carbons (Fsp3) is 0. The second kappa shape index (κ2) is 4.40. The predicted octanol–water partition coefficient (Wildman–Crippen LogP) is 1.03. The van der Waals surface area contributed by atoms with Crippen LogP contribution >= 0.6 is 0 Å². The minimum Gasteiger partial charge on any atom is -0.298 e. The zero-order valence-corrected chi connectivity index (χ0v) is 7.06. The molecule has 0 atom stereocenters. The maximum Gasteiger partial charge on any atom is 0.270 e. The molecule has 0 fully saturated rings. The topological polar surface area (TPSA) is 60.2 Å². The third kappa shape index (κ3) is 2.28. The van der Waals surface area contributed by atoms with Gasteiger partial charge in [-0.2, -0.15) is 0 Å². The number of nitro groups is 1. The van der Waals surface area contributed by atoms with Gasteiger partial charge in [-0.05, 0) is 0 Å². The maximum absolute atomic E-state index is 10.2. The monoisotopic (exact) mass is 179 g/mol. The number of aldehydes is 1. The molecule has 0 aromatic heterocycles. The Bertz CT molecular complexity index is 300. The zero-order valence-electron chi connectivity index (χ0n) is 6.06. The molecule has 0 aliphatic rings. The van der Waals surface area contributed by atoms with E-state index in [1.54, 1.807) is 0 Å². The molecule has 1 rings (SSSR count). The highest BCUT2D eigenvalue weighted by Crippen LogP contribution is 2.10. The fourth-order valence-electron chi connectivity index (χ4n) is 0.712. The molecule has 0 unspecified atom stereocenters. The van der Waals surface area contributed by atoms with Crippen LogP contribution in [0.3, 0.4) is 0 Å². The Morgan fingerprint density at radius 2 is 2.08 bits per heavy atom. The van der Waals surface area contributed by atoms with E-state index >= 15 is 0 Å². The second-order valence-corrected chi connectivity index (χ2v) is 1.97. The van der Waals surface area contributed by atoms with Crippen molar-refractivity contribution >= 4 is 22.9 Å². The van der Waals surface area contributed by atoms with Crippen molar-refractivity contribution in [1.29, 1.82) is 0 Å². The summed E-state index contributed by atoms with van der Waals surface area (Å²) in [4.78, 5) is 19.8. The van der Waals surface area contributed by atoms with E-state index in [4.69, 9.17) is 0 Å². The van der Waals surface area contributed by atoms with Crippen LogP contribution in [0.5, 0.6) is 0 Å². The molecule has 0 bridgehead atoms. The SMILES string of the molecule is O=Cc1cccc([N+](=O)[O-])c1.[Si]. The average molecular weight is 179 g/mol. The summed E-state index contributed by atoms with van der Waals surface area (Å²) in [5.74, 6) is 0. The van der Waals surface area contributed by atoms with E-state index in [0.29, 0.717) is 11.8 Å². The standard InChI is InChI=1S/C7H5NO3.Si/c9-5-6-2-1-3-7(4-6)8(10)11;/h1-5H;. The number of hydrogen-bond donors (Lipinski definition) is 0. The third-order valence-corrected chi connectivity index (χ3v) is 1.22. The average Bonchev–Trinajstić information content (AvgIpc) is 2.05. The number of carbonyl (C=O) groups is 1. The van der Waals surface area contributed by atoms with Crippen LogP contribution in [0.25, 0.3) is 0 Å². The molecule has 5 heteroatoms. The highest BCUT2D eigenvalue weighted by Gasteiger charge is 2.03. The molecule has 0 amide bonds. The van der Waals surface area contributed by atoms with E-state index in [9.17, 15) is 14.9 Å². The number of non-ortho nitro benzene ring substituents is 1. The summed E-state index contributed by atoms with van der Waals surface area (Å²) in [5.41, 5.74) is 0.258. The number of carbonyl (C=O) groups excluding carboxylic acids is 1. The van der Waals surface area contributed by atoms with Crippen molar-refractivity contribution in [2.45, 2.75) is 0 Å². The summed E-state index contributed by atoms with van der Waals surface area (Å²) in [7, 11) is 0. The lowest BCUT2D eigenvalue weighted by atomic mass is 10.2. The van der Waals surface area contributed by atoms with E-state index in [0.717, 1.165) is 0 Å². The third-order valence-electron chi connectivity index (χ3n) is 1.22. The first-order valence-corrected chi connectivity index (χ1v) is 2.93. The minimum atomic E-state index is -0.535. The normalized spacial score (nSPS) is 8.33. The van der Waals surface area contributed by atoms with Crippen LogP contribution in [-0.4, -0.2) is 22.2 Å². The van der Waals surface area contributed by atoms with Crippen LogP contribution in [0.15, 0.2) is 24.3 Å². The quantitative estimate of drug-likeness (QED) is 0.295. The second-order valence-electron chi connectivity index (χ2n) is 1.97. The first kappa shape index (κ1) is 10.5. The summed E-state index contributed by atoms with van der Waals surface area (Å²) >= 11 is 0. The summed E-state index contributed by atoms with van der Waals surface area (Å²) in [6.45, 7) is 0. The van der Waals surface area contributed by atoms with Gasteiger partial charge >= 0.3 is 0 Å². The predicted molar refractivity (Wildman–Crippen MR) is 44.2 cm³/mol. The molecule has 1 aromatic rings. The molecular formula is C7H5NO3Si. The van der Waals surface area contributed by atoms with E-state index in [1.165, 1.54) is 24.3 Å². The molecule has 4 nitrogen and oxygen atoms in total. The zero-order chi connectivity index (χ0) is 8.27. The largest absolute Gasteiger partial charge is 0.298 e. The molecule has 60 valence electrons. The fourth-order valence-corrected chi connectivity index (χ4v) is 0.712. The van der Waals surface area contributed by atoms with Crippen molar-refractivity contribution in [2.75, 3.05) is 0 Å². The molecule has 1 aromatic carbocycles. The highest BCUT2D eigenvalue weighted by atomic mass is 28.1. The van der Waals surface area contributed by atoms with Crippen LogP contribution in [0.2, 0.25) is 0 Å². The van der Waals surface area contributed by atoms with Gasteiger partial charge in [0.15, 0.2) is 0 Å². The van der Waals surface area contributed by atoms with Crippen LogP contribution in [-0.2, 0) is 0 Å². The van der Waals surface area contributed by atoms with Crippen LogP contribution in [0.4, 0.5) is 5.69 Å². The van der Waals surface area contributed by atoms with Crippen molar-refractivity contribution in [2.24, 2.45) is 0 Å². The van der Waals surface area contributed by atoms with Crippen LogP contribution < -0.4 is 0 Å². The van der Waals surface area contributed by atoms with Crippen molar-refractivity contribution in [3.05, 3.63) is 39.9 Å². The van der Waals surface area contributed by atoms with Crippen molar-refractivity contribution < 1.29 is 9.72 Å². The Hall–Kier alpha value is -1.49.